The van der Waals surface area contributed by atoms with E-state index in [0.29, 0.717) is 12.1 Å². The van der Waals surface area contributed by atoms with Crippen molar-refractivity contribution in [3.63, 3.8) is 0 Å². The van der Waals surface area contributed by atoms with E-state index in [1.807, 2.05) is 6.07 Å². The summed E-state index contributed by atoms with van der Waals surface area (Å²) in [5.74, 6) is -1.12. The molecule has 1 rings (SSSR count). The number of benzene rings is 1. The first-order valence-electron chi connectivity index (χ1n) is 12.4. The van der Waals surface area contributed by atoms with E-state index in [0.717, 1.165) is 12.8 Å². The molecule has 0 aliphatic carbocycles. The molecule has 1 unspecified atom stereocenters. The summed E-state index contributed by atoms with van der Waals surface area (Å²) < 4.78 is 0. The second-order valence-electron chi connectivity index (χ2n) is 8.61. The van der Waals surface area contributed by atoms with Crippen LogP contribution in [0.25, 0.3) is 0 Å². The molecule has 0 aliphatic heterocycles. The molecule has 174 valence electrons. The molecule has 4 nitrogen and oxygen atoms in total. The fraction of sp³-hybridized carbons (Fsp3) is 0.760. The second kappa shape index (κ2) is 24.2. The van der Waals surface area contributed by atoms with Gasteiger partial charge in [-0.25, -0.2) is 0 Å². The summed E-state index contributed by atoms with van der Waals surface area (Å²) >= 11 is 0. The Hall–Kier alpha value is 1.49. The zero-order valence-electron chi connectivity index (χ0n) is 21.2. The number of unbranched alkanes of at least 4 members (excludes halogenated alkanes) is 15. The van der Waals surface area contributed by atoms with Gasteiger partial charge in [-0.2, -0.15) is 0 Å². The minimum Gasteiger partial charge on any atom is -0.686 e. The Labute approximate surface area is 242 Å². The number of hydrogen-bond acceptors (Lipinski definition) is 4. The van der Waals surface area contributed by atoms with Gasteiger partial charge in [0.15, 0.2) is 0 Å². The monoisotopic (exact) mass is 483 g/mol. The summed E-state index contributed by atoms with van der Waals surface area (Å²) in [5, 5.41) is 2.94. The van der Waals surface area contributed by atoms with Crippen molar-refractivity contribution in [2.45, 2.75) is 115 Å². The van der Waals surface area contributed by atoms with E-state index in [2.05, 4.69) is 12.2 Å². The standard InChI is InChI=1S/C25H46NO3P.2Na/c1-2-3-4-5-6-7-8-9-10-11-12-13-14-15-16-20-23-26-25(30(27,28)29)24-21-18-17-19-22-24;;/h17-19,21-22,25-26H,2-16,20,23H2,1H3,(H2,27,28,29);;/q;2*+1/p-2. The first-order chi connectivity index (χ1) is 14.6. The molecular weight excluding hydrogens is 439 g/mol. The molecule has 1 N–H and O–H groups in total. The number of nitrogens with one attached hydrogen (secondary N) is 1. The predicted octanol–water partition coefficient (Wildman–Crippen LogP) is -0.612. The Morgan fingerprint density at radius 3 is 1.38 bits per heavy atom. The minimum atomic E-state index is -4.70. The van der Waals surface area contributed by atoms with Crippen molar-refractivity contribution < 1.29 is 73.8 Å². The number of hydrogen-bond donors (Lipinski definition) is 1. The normalized spacial score (nSPS) is 12.1. The molecule has 32 heavy (non-hydrogen) atoms. The molecule has 0 saturated carbocycles. The Bertz CT molecular complexity index is 504. The van der Waals surface area contributed by atoms with Crippen LogP contribution in [-0.4, -0.2) is 6.54 Å². The summed E-state index contributed by atoms with van der Waals surface area (Å²) in [5.41, 5.74) is 0.530. The van der Waals surface area contributed by atoms with Gasteiger partial charge in [-0.3, -0.25) is 5.32 Å². The third kappa shape index (κ3) is 19.8. The molecule has 0 spiro atoms. The van der Waals surface area contributed by atoms with Gasteiger partial charge >= 0.3 is 59.1 Å². The maximum absolute atomic E-state index is 11.5. The van der Waals surface area contributed by atoms with Crippen LogP contribution in [0, 0.1) is 0 Å². The van der Waals surface area contributed by atoms with Crippen molar-refractivity contribution >= 4 is 7.94 Å². The van der Waals surface area contributed by atoms with Crippen LogP contribution in [0.3, 0.4) is 0 Å². The van der Waals surface area contributed by atoms with Gasteiger partial charge in [0, 0.05) is 5.56 Å². The van der Waals surface area contributed by atoms with Gasteiger partial charge < -0.3 is 14.7 Å². The van der Waals surface area contributed by atoms with E-state index >= 15 is 0 Å². The number of rotatable bonds is 20. The van der Waals surface area contributed by atoms with E-state index in [1.54, 1.807) is 24.3 Å². The van der Waals surface area contributed by atoms with E-state index in [4.69, 9.17) is 0 Å². The Morgan fingerprint density at radius 2 is 1.00 bits per heavy atom. The molecule has 0 radical (unpaired) electrons. The van der Waals surface area contributed by atoms with Crippen molar-refractivity contribution in [1.82, 2.24) is 5.32 Å². The summed E-state index contributed by atoms with van der Waals surface area (Å²) in [7, 11) is -4.70. The Balaban J connectivity index is 0. The van der Waals surface area contributed by atoms with Crippen LogP contribution in [0.2, 0.25) is 0 Å². The van der Waals surface area contributed by atoms with Crippen molar-refractivity contribution in [2.24, 2.45) is 0 Å². The smallest absolute Gasteiger partial charge is 0.686 e. The summed E-state index contributed by atoms with van der Waals surface area (Å²) in [6.45, 7) is 2.83. The summed E-state index contributed by atoms with van der Waals surface area (Å²) in [6.07, 6.45) is 21.0. The molecule has 1 aromatic carbocycles. The average Bonchev–Trinajstić information content (AvgIpc) is 2.72. The van der Waals surface area contributed by atoms with E-state index in [1.165, 1.54) is 89.9 Å². The quantitative estimate of drug-likeness (QED) is 0.152. The third-order valence-electron chi connectivity index (χ3n) is 5.80. The van der Waals surface area contributed by atoms with Gasteiger partial charge in [0.2, 0.25) is 0 Å². The first-order valence-corrected chi connectivity index (χ1v) is 14.0. The summed E-state index contributed by atoms with van der Waals surface area (Å²) in [6, 6.07) is 8.71. The maximum atomic E-state index is 11.5. The molecule has 0 amide bonds. The van der Waals surface area contributed by atoms with Crippen LogP contribution in [-0.2, 0) is 0 Å². The topological polar surface area (TPSA) is 81.2 Å². The van der Waals surface area contributed by atoms with Crippen molar-refractivity contribution in [2.75, 3.05) is 6.54 Å². The minimum absolute atomic E-state index is 0. The second-order valence-corrected chi connectivity index (χ2v) is 10.2. The molecule has 1 aromatic rings. The molecule has 0 aromatic heterocycles. The Kier molecular flexibility index (Phi) is 27.0. The van der Waals surface area contributed by atoms with Crippen molar-refractivity contribution in [3.8, 4) is 0 Å². The third-order valence-corrected chi connectivity index (χ3v) is 6.91. The maximum Gasteiger partial charge on any atom is 1.00 e. The fourth-order valence-corrected chi connectivity index (χ4v) is 4.85. The molecule has 7 heteroatoms. The molecule has 0 saturated heterocycles. The molecular formula is C25H44NNa2O3P. The van der Waals surface area contributed by atoms with Gasteiger partial charge in [-0.1, -0.05) is 134 Å². The molecule has 1 atom stereocenters. The van der Waals surface area contributed by atoms with Gasteiger partial charge in [-0.05, 0) is 13.0 Å². The van der Waals surface area contributed by atoms with Crippen molar-refractivity contribution in [1.29, 1.82) is 0 Å². The largest absolute Gasteiger partial charge is 1.00 e. The van der Waals surface area contributed by atoms with Crippen LogP contribution in [0.4, 0.5) is 0 Å². The van der Waals surface area contributed by atoms with Crippen LogP contribution in [0.5, 0.6) is 0 Å². The van der Waals surface area contributed by atoms with Crippen LogP contribution < -0.4 is 79.1 Å². The van der Waals surface area contributed by atoms with Gasteiger partial charge in [0.25, 0.3) is 0 Å². The summed E-state index contributed by atoms with van der Waals surface area (Å²) in [4.78, 5) is 34.6. The predicted molar refractivity (Wildman–Crippen MR) is 124 cm³/mol. The van der Waals surface area contributed by atoms with Crippen LogP contribution in [0.15, 0.2) is 30.3 Å². The SMILES string of the molecule is CCCCCCCCCCCCCCCCCCNC(c1ccccc1)[P+]([O-])([O-])[O-].[Na+].[Na+]. The molecule has 0 heterocycles. The van der Waals surface area contributed by atoms with Crippen LogP contribution >= 0.6 is 7.94 Å². The first kappa shape index (κ1) is 35.7. The van der Waals surface area contributed by atoms with Gasteiger partial charge in [-0.15, -0.1) is 7.94 Å². The van der Waals surface area contributed by atoms with E-state index in [-0.39, 0.29) is 59.1 Å². The van der Waals surface area contributed by atoms with Gasteiger partial charge in [0.1, 0.15) is 5.78 Å². The van der Waals surface area contributed by atoms with Gasteiger partial charge in [0.05, 0.1) is 0 Å². The Morgan fingerprint density at radius 1 is 0.625 bits per heavy atom. The van der Waals surface area contributed by atoms with Crippen molar-refractivity contribution in [3.05, 3.63) is 35.9 Å². The fourth-order valence-electron chi connectivity index (χ4n) is 3.96. The molecule has 0 aliphatic rings. The van der Waals surface area contributed by atoms with Crippen LogP contribution in [0.1, 0.15) is 121 Å². The van der Waals surface area contributed by atoms with E-state index in [9.17, 15) is 14.7 Å². The zero-order chi connectivity index (χ0) is 21.9. The van der Waals surface area contributed by atoms with E-state index < -0.39 is 13.7 Å². The molecule has 0 bridgehead atoms. The average molecular weight is 484 g/mol. The zero-order valence-corrected chi connectivity index (χ0v) is 26.1. The molecule has 0 fully saturated rings.